The van der Waals surface area contributed by atoms with Gasteiger partial charge in [-0.25, -0.2) is 4.79 Å². The number of amides is 1. The summed E-state index contributed by atoms with van der Waals surface area (Å²) >= 11 is 0. The maximum atomic E-state index is 11.5. The first-order valence-corrected chi connectivity index (χ1v) is 7.93. The molecule has 2 aromatic rings. The smallest absolute Gasteiger partial charge is 0.352 e. The third-order valence-corrected chi connectivity index (χ3v) is 4.34. The normalized spacial score (nSPS) is 14.9. The van der Waals surface area contributed by atoms with Gasteiger partial charge < -0.3 is 20.3 Å². The van der Waals surface area contributed by atoms with E-state index in [1.54, 1.807) is 0 Å². The lowest BCUT2D eigenvalue weighted by molar-refractivity contribution is -0.119. The molecule has 0 spiro atoms. The summed E-state index contributed by atoms with van der Waals surface area (Å²) in [6.07, 6.45) is 3.63. The van der Waals surface area contributed by atoms with Crippen LogP contribution in [0.1, 0.15) is 42.2 Å². The second-order valence-electron chi connectivity index (χ2n) is 5.97. The molecule has 1 aliphatic rings. The van der Waals surface area contributed by atoms with Crippen LogP contribution in [0.25, 0.3) is 10.9 Å². The molecule has 1 saturated heterocycles. The highest BCUT2D eigenvalue weighted by molar-refractivity contribution is 5.98. The molecule has 3 N–H and O–H groups in total. The van der Waals surface area contributed by atoms with Gasteiger partial charge in [0, 0.05) is 48.7 Å². The van der Waals surface area contributed by atoms with E-state index in [1.807, 2.05) is 18.2 Å². The molecule has 1 amide bonds. The zero-order chi connectivity index (χ0) is 16.4. The van der Waals surface area contributed by atoms with Crippen molar-refractivity contribution in [3.63, 3.8) is 0 Å². The van der Waals surface area contributed by atoms with Crippen LogP contribution in [0.2, 0.25) is 0 Å². The van der Waals surface area contributed by atoms with Crippen LogP contribution in [0, 0.1) is 0 Å². The number of benzene rings is 1. The fourth-order valence-electron chi connectivity index (χ4n) is 3.16. The summed E-state index contributed by atoms with van der Waals surface area (Å²) in [5.74, 6) is -1.19. The Morgan fingerprint density at radius 3 is 2.65 bits per heavy atom. The number of piperidine rings is 1. The monoisotopic (exact) mass is 315 g/mol. The average molecular weight is 315 g/mol. The van der Waals surface area contributed by atoms with Gasteiger partial charge in [0.15, 0.2) is 0 Å². The Labute approximate surface area is 134 Å². The maximum Gasteiger partial charge on any atom is 0.352 e. The van der Waals surface area contributed by atoms with E-state index in [-0.39, 0.29) is 18.1 Å². The van der Waals surface area contributed by atoms with Crippen molar-refractivity contribution >= 4 is 28.5 Å². The highest BCUT2D eigenvalue weighted by atomic mass is 16.4. The number of carboxylic acid groups (broad SMARTS) is 1. The lowest BCUT2D eigenvalue weighted by atomic mass is 10.1. The molecule has 6 heteroatoms. The Bertz CT molecular complexity index is 745. The van der Waals surface area contributed by atoms with Gasteiger partial charge in [-0.3, -0.25) is 4.79 Å². The average Bonchev–Trinajstić information content (AvgIpc) is 2.91. The van der Waals surface area contributed by atoms with E-state index in [4.69, 9.17) is 0 Å². The lowest BCUT2D eigenvalue weighted by Crippen LogP contribution is -2.29. The summed E-state index contributed by atoms with van der Waals surface area (Å²) < 4.78 is 0. The molecule has 0 atom stereocenters. The molecule has 0 saturated carbocycles. The number of H-pyrrole nitrogens is 1. The number of aromatic amines is 1. The zero-order valence-electron chi connectivity index (χ0n) is 13.2. The number of aromatic nitrogens is 1. The fraction of sp³-hybridized carbons (Fsp3) is 0.412. The minimum atomic E-state index is -1.01. The van der Waals surface area contributed by atoms with Gasteiger partial charge in [-0.1, -0.05) is 0 Å². The van der Waals surface area contributed by atoms with Gasteiger partial charge in [0.05, 0.1) is 0 Å². The second kappa shape index (κ2) is 6.32. The van der Waals surface area contributed by atoms with E-state index in [9.17, 15) is 14.7 Å². The molecule has 1 fully saturated rings. The molecule has 0 unspecified atom stereocenters. The van der Waals surface area contributed by atoms with Crippen LogP contribution in [-0.2, 0) is 11.3 Å². The number of fused-ring (bicyclic) bond motifs is 1. The third-order valence-electron chi connectivity index (χ3n) is 4.34. The first-order chi connectivity index (χ1) is 11.1. The van der Waals surface area contributed by atoms with Crippen LogP contribution in [0.15, 0.2) is 18.2 Å². The van der Waals surface area contributed by atoms with Crippen LogP contribution in [0.4, 0.5) is 5.69 Å². The first-order valence-electron chi connectivity index (χ1n) is 7.93. The van der Waals surface area contributed by atoms with Crippen LogP contribution in [0.3, 0.4) is 0 Å². The zero-order valence-corrected chi connectivity index (χ0v) is 13.2. The van der Waals surface area contributed by atoms with E-state index in [0.717, 1.165) is 29.7 Å². The van der Waals surface area contributed by atoms with Crippen molar-refractivity contribution < 1.29 is 14.7 Å². The molecular formula is C17H21N3O3. The summed E-state index contributed by atoms with van der Waals surface area (Å²) in [5, 5.41) is 13.0. The molecule has 1 aromatic carbocycles. The molecule has 1 aliphatic heterocycles. The van der Waals surface area contributed by atoms with Crippen molar-refractivity contribution in [2.75, 3.05) is 18.0 Å². The molecule has 23 heavy (non-hydrogen) atoms. The summed E-state index contributed by atoms with van der Waals surface area (Å²) in [6.45, 7) is 3.69. The van der Waals surface area contributed by atoms with Gasteiger partial charge in [-0.15, -0.1) is 0 Å². The third kappa shape index (κ3) is 3.16. The Hall–Kier alpha value is -2.50. The number of hydrogen-bond donors (Lipinski definition) is 3. The first kappa shape index (κ1) is 15.4. The van der Waals surface area contributed by atoms with Crippen LogP contribution < -0.4 is 10.2 Å². The van der Waals surface area contributed by atoms with Crippen molar-refractivity contribution in [2.24, 2.45) is 0 Å². The van der Waals surface area contributed by atoms with Crippen LogP contribution >= 0.6 is 0 Å². The topological polar surface area (TPSA) is 85.4 Å². The van der Waals surface area contributed by atoms with E-state index in [1.165, 1.54) is 26.2 Å². The molecule has 2 heterocycles. The summed E-state index contributed by atoms with van der Waals surface area (Å²) in [7, 11) is 0. The molecule has 0 aliphatic carbocycles. The highest BCUT2D eigenvalue weighted by Crippen LogP contribution is 2.29. The van der Waals surface area contributed by atoms with Crippen LogP contribution in [-0.4, -0.2) is 35.1 Å². The van der Waals surface area contributed by atoms with Gasteiger partial charge in [-0.05, 0) is 37.5 Å². The van der Waals surface area contributed by atoms with E-state index < -0.39 is 5.97 Å². The van der Waals surface area contributed by atoms with Crippen molar-refractivity contribution in [1.82, 2.24) is 10.3 Å². The standard InChI is InChI=1S/C17H21N3O3/c1-11(21)18-10-14-13-9-12(20-7-3-2-4-8-20)5-6-15(13)19-16(14)17(22)23/h5-6,9,19H,2-4,7-8,10H2,1H3,(H,18,21)(H,22,23). The van der Waals surface area contributed by atoms with Crippen molar-refractivity contribution in [3.8, 4) is 0 Å². The van der Waals surface area contributed by atoms with Gasteiger partial charge >= 0.3 is 5.97 Å². The summed E-state index contributed by atoms with van der Waals surface area (Å²) in [6, 6.07) is 5.97. The fourth-order valence-corrected chi connectivity index (χ4v) is 3.16. The number of carbonyl (C=O) groups is 2. The van der Waals surface area contributed by atoms with Crippen molar-refractivity contribution in [3.05, 3.63) is 29.5 Å². The minimum Gasteiger partial charge on any atom is -0.477 e. The predicted molar refractivity (Wildman–Crippen MR) is 88.8 cm³/mol. The Balaban J connectivity index is 2.02. The maximum absolute atomic E-state index is 11.5. The number of rotatable bonds is 4. The van der Waals surface area contributed by atoms with Crippen molar-refractivity contribution in [2.45, 2.75) is 32.7 Å². The number of nitrogens with zero attached hydrogens (tertiary/aromatic N) is 1. The molecule has 0 bridgehead atoms. The second-order valence-corrected chi connectivity index (χ2v) is 5.97. The largest absolute Gasteiger partial charge is 0.477 e. The number of hydrogen-bond acceptors (Lipinski definition) is 3. The molecule has 0 radical (unpaired) electrons. The number of nitrogens with one attached hydrogen (secondary N) is 2. The van der Waals surface area contributed by atoms with Gasteiger partial charge in [-0.2, -0.15) is 0 Å². The lowest BCUT2D eigenvalue weighted by Gasteiger charge is -2.28. The number of aromatic carboxylic acids is 1. The Morgan fingerprint density at radius 2 is 2.00 bits per heavy atom. The molecular weight excluding hydrogens is 294 g/mol. The van der Waals surface area contributed by atoms with E-state index in [2.05, 4.69) is 15.2 Å². The molecule has 3 rings (SSSR count). The predicted octanol–water partition coefficient (Wildman–Crippen LogP) is 2.49. The molecule has 122 valence electrons. The molecule has 6 nitrogen and oxygen atoms in total. The summed E-state index contributed by atoms with van der Waals surface area (Å²) in [4.78, 5) is 27.9. The quantitative estimate of drug-likeness (QED) is 0.809. The number of anilines is 1. The molecule has 1 aromatic heterocycles. The van der Waals surface area contributed by atoms with Crippen LogP contribution in [0.5, 0.6) is 0 Å². The highest BCUT2D eigenvalue weighted by Gasteiger charge is 2.19. The minimum absolute atomic E-state index is 0.143. The SMILES string of the molecule is CC(=O)NCc1c(C(=O)O)[nH]c2ccc(N3CCCCC3)cc12. The van der Waals surface area contributed by atoms with Gasteiger partial charge in [0.25, 0.3) is 0 Å². The number of carboxylic acids is 1. The summed E-state index contributed by atoms with van der Waals surface area (Å²) in [5.41, 5.74) is 2.66. The van der Waals surface area contributed by atoms with Crippen molar-refractivity contribution in [1.29, 1.82) is 0 Å². The van der Waals surface area contributed by atoms with Gasteiger partial charge in [0.2, 0.25) is 5.91 Å². The van der Waals surface area contributed by atoms with E-state index >= 15 is 0 Å². The Morgan fingerprint density at radius 1 is 1.26 bits per heavy atom. The van der Waals surface area contributed by atoms with E-state index in [0.29, 0.717) is 5.56 Å². The number of carbonyl (C=O) groups excluding carboxylic acids is 1. The van der Waals surface area contributed by atoms with Gasteiger partial charge in [0.1, 0.15) is 5.69 Å². The Kier molecular flexibility index (Phi) is 4.23.